The number of nitrogens with zero attached hydrogens (tertiary/aromatic N) is 2. The molecule has 1 atom stereocenters. The molecule has 0 saturated carbocycles. The lowest BCUT2D eigenvalue weighted by Gasteiger charge is -2.14. The van der Waals surface area contributed by atoms with Gasteiger partial charge in [0.25, 0.3) is 5.56 Å². The summed E-state index contributed by atoms with van der Waals surface area (Å²) in [5, 5.41) is -0.384. The zero-order valence-electron chi connectivity index (χ0n) is 11.1. The van der Waals surface area contributed by atoms with E-state index in [2.05, 4.69) is 4.98 Å². The summed E-state index contributed by atoms with van der Waals surface area (Å²) in [5.41, 5.74) is -1.57. The van der Waals surface area contributed by atoms with Crippen LogP contribution in [0, 0.1) is 0 Å². The van der Waals surface area contributed by atoms with Crippen molar-refractivity contribution in [2.24, 2.45) is 0 Å². The second-order valence-corrected chi connectivity index (χ2v) is 5.03. The Kier molecular flexibility index (Phi) is 3.44. The maximum atomic E-state index is 13.0. The van der Waals surface area contributed by atoms with E-state index in [-0.39, 0.29) is 23.6 Å². The first kappa shape index (κ1) is 14.1. The van der Waals surface area contributed by atoms with Crippen molar-refractivity contribution in [2.75, 3.05) is 6.61 Å². The number of fused-ring (bicyclic) bond motifs is 1. The molecule has 112 valence electrons. The van der Waals surface area contributed by atoms with Crippen molar-refractivity contribution in [3.63, 3.8) is 0 Å². The molecule has 0 radical (unpaired) electrons. The quantitative estimate of drug-likeness (QED) is 0.856. The summed E-state index contributed by atoms with van der Waals surface area (Å²) in [4.78, 5) is 16.3. The zero-order chi connectivity index (χ0) is 15.0. The van der Waals surface area contributed by atoms with E-state index in [1.165, 1.54) is 23.0 Å². The number of hydrogen-bond donors (Lipinski definition) is 0. The minimum atomic E-state index is -4.58. The van der Waals surface area contributed by atoms with E-state index in [0.29, 0.717) is 6.61 Å². The van der Waals surface area contributed by atoms with Gasteiger partial charge in [-0.15, -0.1) is 0 Å². The molecule has 0 N–H and O–H groups in total. The summed E-state index contributed by atoms with van der Waals surface area (Å²) < 4.78 is 45.7. The molecular formula is C14H13F3N2O2. The van der Waals surface area contributed by atoms with Crippen LogP contribution in [0.25, 0.3) is 10.9 Å². The van der Waals surface area contributed by atoms with Crippen molar-refractivity contribution < 1.29 is 17.9 Å². The fourth-order valence-electron chi connectivity index (χ4n) is 2.57. The van der Waals surface area contributed by atoms with Crippen LogP contribution < -0.4 is 5.56 Å². The van der Waals surface area contributed by atoms with Gasteiger partial charge < -0.3 is 4.74 Å². The van der Waals surface area contributed by atoms with E-state index >= 15 is 0 Å². The smallest absolute Gasteiger partial charge is 0.376 e. The molecule has 21 heavy (non-hydrogen) atoms. The first-order chi connectivity index (χ1) is 9.97. The lowest BCUT2D eigenvalue weighted by Crippen LogP contribution is -2.28. The predicted octanol–water partition coefficient (Wildman–Crippen LogP) is 2.59. The van der Waals surface area contributed by atoms with Crippen LogP contribution in [0.5, 0.6) is 0 Å². The lowest BCUT2D eigenvalue weighted by molar-refractivity contribution is -0.136. The maximum absolute atomic E-state index is 13.0. The van der Waals surface area contributed by atoms with Crippen molar-refractivity contribution in [3.8, 4) is 0 Å². The average Bonchev–Trinajstić information content (AvgIpc) is 2.93. The highest BCUT2D eigenvalue weighted by molar-refractivity contribution is 5.81. The van der Waals surface area contributed by atoms with Crippen LogP contribution in [0.1, 0.15) is 18.4 Å². The fourth-order valence-corrected chi connectivity index (χ4v) is 2.57. The van der Waals surface area contributed by atoms with Crippen LogP contribution in [-0.2, 0) is 17.5 Å². The van der Waals surface area contributed by atoms with Gasteiger partial charge in [0.15, 0.2) is 0 Å². The first-order valence-corrected chi connectivity index (χ1v) is 6.64. The topological polar surface area (TPSA) is 44.1 Å². The molecule has 1 aliphatic rings. The van der Waals surface area contributed by atoms with E-state index in [9.17, 15) is 18.0 Å². The monoisotopic (exact) mass is 298 g/mol. The molecule has 1 unspecified atom stereocenters. The molecule has 3 rings (SSSR count). The molecule has 0 amide bonds. The van der Waals surface area contributed by atoms with Crippen molar-refractivity contribution in [1.82, 2.24) is 9.55 Å². The van der Waals surface area contributed by atoms with Gasteiger partial charge in [0.05, 0.1) is 35.4 Å². The Balaban J connectivity index is 2.12. The molecular weight excluding hydrogens is 285 g/mol. The molecule has 2 aromatic rings. The number of hydrogen-bond acceptors (Lipinski definition) is 3. The number of alkyl halides is 3. The van der Waals surface area contributed by atoms with Crippen LogP contribution in [0.2, 0.25) is 0 Å². The SMILES string of the molecule is O=c1c2c(C(F)(F)F)cccc2ncn1CC1CCCO1. The van der Waals surface area contributed by atoms with Gasteiger partial charge in [-0.2, -0.15) is 13.2 Å². The van der Waals surface area contributed by atoms with Crippen LogP contribution in [0.4, 0.5) is 13.2 Å². The second kappa shape index (κ2) is 5.14. The normalized spacial score (nSPS) is 19.3. The van der Waals surface area contributed by atoms with Gasteiger partial charge in [-0.05, 0) is 25.0 Å². The van der Waals surface area contributed by atoms with E-state index in [4.69, 9.17) is 4.74 Å². The van der Waals surface area contributed by atoms with Crippen LogP contribution in [0.3, 0.4) is 0 Å². The Labute approximate surface area is 118 Å². The Morgan fingerprint density at radius 2 is 2.19 bits per heavy atom. The van der Waals surface area contributed by atoms with Gasteiger partial charge in [0.1, 0.15) is 0 Å². The van der Waals surface area contributed by atoms with Crippen molar-refractivity contribution >= 4 is 10.9 Å². The summed E-state index contributed by atoms with van der Waals surface area (Å²) in [5.74, 6) is 0. The fraction of sp³-hybridized carbons (Fsp3) is 0.429. The minimum absolute atomic E-state index is 0.0541. The van der Waals surface area contributed by atoms with Crippen molar-refractivity contribution in [1.29, 1.82) is 0 Å². The molecule has 1 aromatic carbocycles. The molecule has 0 spiro atoms. The van der Waals surface area contributed by atoms with Gasteiger partial charge in [0.2, 0.25) is 0 Å². The summed E-state index contributed by atoms with van der Waals surface area (Å²) in [6.07, 6.45) is -1.74. The number of benzene rings is 1. The van der Waals surface area contributed by atoms with Gasteiger partial charge in [-0.1, -0.05) is 6.07 Å². The van der Waals surface area contributed by atoms with Gasteiger partial charge >= 0.3 is 6.18 Å². The van der Waals surface area contributed by atoms with Crippen LogP contribution in [0.15, 0.2) is 29.3 Å². The van der Waals surface area contributed by atoms with E-state index in [1.807, 2.05) is 0 Å². The van der Waals surface area contributed by atoms with Crippen molar-refractivity contribution in [3.05, 3.63) is 40.4 Å². The third-order valence-corrected chi connectivity index (χ3v) is 3.58. The molecule has 0 aliphatic carbocycles. The summed E-state index contributed by atoms with van der Waals surface area (Å²) in [7, 11) is 0. The van der Waals surface area contributed by atoms with Gasteiger partial charge in [-0.25, -0.2) is 4.98 Å². The Bertz CT molecular complexity index is 718. The van der Waals surface area contributed by atoms with E-state index < -0.39 is 17.3 Å². The maximum Gasteiger partial charge on any atom is 0.417 e. The molecule has 7 heteroatoms. The summed E-state index contributed by atoms with van der Waals surface area (Å²) >= 11 is 0. The Hall–Kier alpha value is -1.89. The van der Waals surface area contributed by atoms with Crippen molar-refractivity contribution in [2.45, 2.75) is 31.7 Å². The number of aromatic nitrogens is 2. The van der Waals surface area contributed by atoms with Crippen LogP contribution in [-0.4, -0.2) is 22.3 Å². The Morgan fingerprint density at radius 3 is 2.86 bits per heavy atom. The molecule has 4 nitrogen and oxygen atoms in total. The summed E-state index contributed by atoms with van der Waals surface area (Å²) in [6.45, 7) is 0.849. The molecule has 1 aromatic heterocycles. The molecule has 1 fully saturated rings. The highest BCUT2D eigenvalue weighted by Gasteiger charge is 2.34. The number of halogens is 3. The predicted molar refractivity (Wildman–Crippen MR) is 70.0 cm³/mol. The standard InChI is InChI=1S/C14H13F3N2O2/c15-14(16,17)10-4-1-5-11-12(10)13(20)19(8-18-11)7-9-3-2-6-21-9/h1,4-5,8-9H,2-3,6-7H2. The average molecular weight is 298 g/mol. The second-order valence-electron chi connectivity index (χ2n) is 5.03. The van der Waals surface area contributed by atoms with Gasteiger partial charge in [0, 0.05) is 6.61 Å². The third kappa shape index (κ3) is 2.65. The summed E-state index contributed by atoms with van der Waals surface area (Å²) in [6, 6.07) is 3.56. The van der Waals surface area contributed by atoms with Gasteiger partial charge in [-0.3, -0.25) is 9.36 Å². The van der Waals surface area contributed by atoms with E-state index in [0.717, 1.165) is 18.9 Å². The van der Waals surface area contributed by atoms with Crippen LogP contribution >= 0.6 is 0 Å². The molecule has 2 heterocycles. The lowest BCUT2D eigenvalue weighted by atomic mass is 10.1. The first-order valence-electron chi connectivity index (χ1n) is 6.64. The molecule has 1 aliphatic heterocycles. The third-order valence-electron chi connectivity index (χ3n) is 3.58. The largest absolute Gasteiger partial charge is 0.417 e. The zero-order valence-corrected chi connectivity index (χ0v) is 11.1. The Morgan fingerprint density at radius 1 is 1.38 bits per heavy atom. The number of ether oxygens (including phenoxy) is 1. The highest BCUT2D eigenvalue weighted by atomic mass is 19.4. The number of rotatable bonds is 2. The molecule has 0 bridgehead atoms. The highest BCUT2D eigenvalue weighted by Crippen LogP contribution is 2.32. The van der Waals surface area contributed by atoms with E-state index in [1.54, 1.807) is 0 Å². The molecule has 1 saturated heterocycles. The minimum Gasteiger partial charge on any atom is -0.376 e.